The van der Waals surface area contributed by atoms with Crippen LogP contribution in [0.15, 0.2) is 36.4 Å². The average molecular weight is 422 g/mol. The van der Waals surface area contributed by atoms with Crippen LogP contribution < -0.4 is 15.4 Å². The second kappa shape index (κ2) is 7.91. The van der Waals surface area contributed by atoms with Crippen LogP contribution in [0.25, 0.3) is 0 Å². The number of hydrogen-bond acceptors (Lipinski definition) is 3. The number of nitrogens with zero attached hydrogens (tertiary/aromatic N) is 2. The van der Waals surface area contributed by atoms with Crippen LogP contribution in [0.4, 0.5) is 16.2 Å². The summed E-state index contributed by atoms with van der Waals surface area (Å²) in [5.74, 6) is 0.556. The molecule has 0 unspecified atom stereocenters. The first-order valence-electron chi connectivity index (χ1n) is 10.9. The van der Waals surface area contributed by atoms with Crippen molar-refractivity contribution in [3.63, 3.8) is 0 Å². The van der Waals surface area contributed by atoms with E-state index in [0.29, 0.717) is 19.4 Å². The third-order valence-corrected chi connectivity index (χ3v) is 7.12. The number of rotatable bonds is 4. The summed E-state index contributed by atoms with van der Waals surface area (Å²) in [4.78, 5) is 29.5. The second-order valence-electron chi connectivity index (χ2n) is 9.13. The van der Waals surface area contributed by atoms with Gasteiger partial charge in [0.2, 0.25) is 5.91 Å². The van der Waals surface area contributed by atoms with Crippen molar-refractivity contribution in [2.75, 3.05) is 12.0 Å². The molecule has 0 aromatic heterocycles. The van der Waals surface area contributed by atoms with Gasteiger partial charge in [-0.05, 0) is 80.5 Å². The number of aryl methyl sites for hydroxylation is 2. The zero-order chi connectivity index (χ0) is 22.3. The highest BCUT2D eigenvalue weighted by atomic mass is 16.5. The number of urea groups is 1. The van der Waals surface area contributed by atoms with Gasteiger partial charge in [0.1, 0.15) is 5.75 Å². The Kier molecular flexibility index (Phi) is 5.42. The monoisotopic (exact) mass is 421 g/mol. The summed E-state index contributed by atoms with van der Waals surface area (Å²) in [5.41, 5.74) is 10.2. The fourth-order valence-electron chi connectivity index (χ4n) is 4.91. The van der Waals surface area contributed by atoms with Crippen LogP contribution in [0.1, 0.15) is 49.3 Å². The molecular weight excluding hydrogens is 390 g/mol. The number of primary amides is 1. The molecule has 1 saturated carbocycles. The minimum Gasteiger partial charge on any atom is -0.496 e. The van der Waals surface area contributed by atoms with E-state index in [0.717, 1.165) is 35.5 Å². The lowest BCUT2D eigenvalue weighted by Gasteiger charge is -2.45. The molecule has 1 heterocycles. The number of amides is 3. The predicted molar refractivity (Wildman–Crippen MR) is 122 cm³/mol. The average Bonchev–Trinajstić information content (AvgIpc) is 2.74. The van der Waals surface area contributed by atoms with E-state index >= 15 is 0 Å². The molecule has 31 heavy (non-hydrogen) atoms. The maximum atomic E-state index is 13.8. The van der Waals surface area contributed by atoms with Crippen LogP contribution in [-0.4, -0.2) is 30.0 Å². The van der Waals surface area contributed by atoms with Crippen molar-refractivity contribution in [2.24, 2.45) is 11.1 Å². The van der Waals surface area contributed by atoms with Gasteiger partial charge in [-0.3, -0.25) is 9.69 Å². The Morgan fingerprint density at radius 3 is 2.45 bits per heavy atom. The van der Waals surface area contributed by atoms with Gasteiger partial charge in [-0.1, -0.05) is 19.1 Å². The molecule has 0 atom stereocenters. The van der Waals surface area contributed by atoms with Crippen LogP contribution in [0.3, 0.4) is 0 Å². The molecule has 1 aliphatic carbocycles. The van der Waals surface area contributed by atoms with E-state index in [2.05, 4.69) is 13.0 Å². The maximum absolute atomic E-state index is 13.8. The van der Waals surface area contributed by atoms with E-state index in [1.165, 1.54) is 11.1 Å². The zero-order valence-corrected chi connectivity index (χ0v) is 18.8. The Hall–Kier alpha value is -3.02. The van der Waals surface area contributed by atoms with Gasteiger partial charge in [-0.25, -0.2) is 4.79 Å². The predicted octanol–water partition coefficient (Wildman–Crippen LogP) is 4.82. The molecule has 0 bridgehead atoms. The lowest BCUT2D eigenvalue weighted by atomic mass is 9.73. The highest BCUT2D eigenvalue weighted by Crippen LogP contribution is 2.42. The lowest BCUT2D eigenvalue weighted by Crippen LogP contribution is -2.52. The molecule has 2 aromatic rings. The molecule has 3 amide bonds. The summed E-state index contributed by atoms with van der Waals surface area (Å²) in [6.07, 6.45) is 2.97. The van der Waals surface area contributed by atoms with Crippen LogP contribution in [0.5, 0.6) is 5.75 Å². The number of benzene rings is 2. The van der Waals surface area contributed by atoms with Crippen molar-refractivity contribution < 1.29 is 14.3 Å². The largest absolute Gasteiger partial charge is 0.496 e. The number of fused-ring (bicyclic) bond motifs is 1. The van der Waals surface area contributed by atoms with Crippen molar-refractivity contribution in [1.82, 2.24) is 4.90 Å². The van der Waals surface area contributed by atoms with Gasteiger partial charge < -0.3 is 15.4 Å². The number of hydrogen-bond donors (Lipinski definition) is 1. The van der Waals surface area contributed by atoms with Crippen LogP contribution in [0, 0.1) is 19.3 Å². The fourth-order valence-corrected chi connectivity index (χ4v) is 4.91. The highest BCUT2D eigenvalue weighted by molar-refractivity contribution is 6.02. The summed E-state index contributed by atoms with van der Waals surface area (Å²) in [7, 11) is 1.65. The van der Waals surface area contributed by atoms with Crippen LogP contribution >= 0.6 is 0 Å². The van der Waals surface area contributed by atoms with Crippen molar-refractivity contribution in [2.45, 2.75) is 59.0 Å². The van der Waals surface area contributed by atoms with Crippen molar-refractivity contribution in [1.29, 1.82) is 0 Å². The zero-order valence-electron chi connectivity index (χ0n) is 18.8. The molecule has 0 radical (unpaired) electrons. The summed E-state index contributed by atoms with van der Waals surface area (Å²) in [5, 5.41) is 0. The van der Waals surface area contributed by atoms with E-state index in [9.17, 15) is 9.59 Å². The minimum atomic E-state index is -0.476. The third kappa shape index (κ3) is 3.64. The molecule has 2 aliphatic rings. The Morgan fingerprint density at radius 1 is 1.13 bits per heavy atom. The molecule has 4 rings (SSSR count). The molecule has 6 nitrogen and oxygen atoms in total. The maximum Gasteiger partial charge on any atom is 0.329 e. The fraction of sp³-hybridized carbons (Fsp3) is 0.440. The van der Waals surface area contributed by atoms with E-state index in [1.807, 2.05) is 54.0 Å². The highest BCUT2D eigenvalue weighted by Gasteiger charge is 2.42. The van der Waals surface area contributed by atoms with Gasteiger partial charge in [0.05, 0.1) is 25.0 Å². The Balaban J connectivity index is 1.71. The molecule has 0 saturated heterocycles. The number of ether oxygens (including phenoxy) is 1. The van der Waals surface area contributed by atoms with Gasteiger partial charge in [0.25, 0.3) is 0 Å². The van der Waals surface area contributed by atoms with Gasteiger partial charge >= 0.3 is 6.03 Å². The van der Waals surface area contributed by atoms with Gasteiger partial charge in [0, 0.05) is 11.5 Å². The van der Waals surface area contributed by atoms with Gasteiger partial charge in [0.15, 0.2) is 0 Å². The number of methoxy groups -OCH3 is 1. The standard InChI is InChI=1S/C25H31N3O3/c1-16-6-5-7-21-20(16)15-27(18-10-12-25(3,13-11-18)23(26)29)24(30)28(21)19-8-9-22(31-4)17(2)14-19/h5-9,14,18H,10-13,15H2,1-4H3,(H2,26,29). The Bertz CT molecular complexity index is 1020. The van der Waals surface area contributed by atoms with E-state index < -0.39 is 5.41 Å². The normalized spacial score (nSPS) is 23.5. The number of carbonyl (C=O) groups is 2. The quantitative estimate of drug-likeness (QED) is 0.769. The topological polar surface area (TPSA) is 75.9 Å². The first kappa shape index (κ1) is 21.2. The van der Waals surface area contributed by atoms with E-state index in [-0.39, 0.29) is 18.0 Å². The second-order valence-corrected chi connectivity index (χ2v) is 9.13. The van der Waals surface area contributed by atoms with Gasteiger partial charge in [-0.15, -0.1) is 0 Å². The van der Waals surface area contributed by atoms with E-state index in [1.54, 1.807) is 7.11 Å². The Morgan fingerprint density at radius 2 is 1.84 bits per heavy atom. The summed E-state index contributed by atoms with van der Waals surface area (Å²) >= 11 is 0. The molecular formula is C25H31N3O3. The molecule has 1 fully saturated rings. The number of anilines is 2. The van der Waals surface area contributed by atoms with Crippen molar-refractivity contribution in [3.8, 4) is 5.75 Å². The van der Waals surface area contributed by atoms with Gasteiger partial charge in [-0.2, -0.15) is 0 Å². The summed E-state index contributed by atoms with van der Waals surface area (Å²) in [6.45, 7) is 6.60. The van der Waals surface area contributed by atoms with Crippen molar-refractivity contribution in [3.05, 3.63) is 53.1 Å². The first-order valence-corrected chi connectivity index (χ1v) is 10.9. The third-order valence-electron chi connectivity index (χ3n) is 7.12. The van der Waals surface area contributed by atoms with Crippen LogP contribution in [0.2, 0.25) is 0 Å². The van der Waals surface area contributed by atoms with Crippen LogP contribution in [-0.2, 0) is 11.3 Å². The molecule has 6 heteroatoms. The van der Waals surface area contributed by atoms with Crippen molar-refractivity contribution >= 4 is 23.3 Å². The smallest absolute Gasteiger partial charge is 0.329 e. The number of nitrogens with two attached hydrogens (primary N) is 1. The lowest BCUT2D eigenvalue weighted by molar-refractivity contribution is -0.129. The molecule has 2 N–H and O–H groups in total. The minimum absolute atomic E-state index is 0.0182. The molecule has 2 aromatic carbocycles. The SMILES string of the molecule is COc1ccc(N2C(=O)N(C3CCC(C)(C(N)=O)CC3)Cc3c(C)cccc32)cc1C. The molecule has 0 spiro atoms. The molecule has 1 aliphatic heterocycles. The van der Waals surface area contributed by atoms with E-state index in [4.69, 9.17) is 10.5 Å². The summed E-state index contributed by atoms with van der Waals surface area (Å²) in [6, 6.07) is 12.0. The number of carbonyl (C=O) groups excluding carboxylic acids is 2. The Labute approximate surface area is 184 Å². The first-order chi connectivity index (χ1) is 14.7. The summed E-state index contributed by atoms with van der Waals surface area (Å²) < 4.78 is 5.41. The molecule has 164 valence electrons.